The lowest BCUT2D eigenvalue weighted by atomic mass is 9.89. The molecule has 0 aromatic heterocycles. The van der Waals surface area contributed by atoms with Gasteiger partial charge in [-0.1, -0.05) is 12.1 Å². The van der Waals surface area contributed by atoms with Gasteiger partial charge in [-0.05, 0) is 81.6 Å². The van der Waals surface area contributed by atoms with Crippen LogP contribution in [0.4, 0.5) is 5.69 Å². The number of nitrogens with zero attached hydrogens (tertiary/aromatic N) is 3. The van der Waals surface area contributed by atoms with Gasteiger partial charge < -0.3 is 32.3 Å². The number of hydrogen-bond acceptors (Lipinski definition) is 5. The van der Waals surface area contributed by atoms with Gasteiger partial charge in [0.1, 0.15) is 5.70 Å². The van der Waals surface area contributed by atoms with Crippen molar-refractivity contribution >= 4 is 17.6 Å². The molecule has 0 bridgehead atoms. The molecule has 4 rings (SSSR count). The van der Waals surface area contributed by atoms with E-state index in [4.69, 9.17) is 17.2 Å². The fraction of sp³-hybridized carbons (Fsp3) is 0.565. The first-order valence-electron chi connectivity index (χ1n) is 11.5. The van der Waals surface area contributed by atoms with E-state index in [0.717, 1.165) is 37.7 Å². The minimum absolute atomic E-state index is 0.128. The second kappa shape index (κ2) is 9.60. The van der Waals surface area contributed by atoms with Crippen LogP contribution in [0.15, 0.2) is 40.8 Å². The molecule has 2 aliphatic heterocycles. The van der Waals surface area contributed by atoms with Gasteiger partial charge >= 0.3 is 0 Å². The molecule has 8 nitrogen and oxygen atoms in total. The predicted molar refractivity (Wildman–Crippen MR) is 124 cm³/mol. The number of anilines is 1. The van der Waals surface area contributed by atoms with Crippen molar-refractivity contribution in [1.82, 2.24) is 9.80 Å². The van der Waals surface area contributed by atoms with Crippen molar-refractivity contribution in [3.05, 3.63) is 41.3 Å². The number of aliphatic imine (C=N–C) groups is 1. The molecule has 1 amide bonds. The molecule has 1 saturated carbocycles. The van der Waals surface area contributed by atoms with Crippen LogP contribution in [-0.2, 0) is 4.79 Å². The first kappa shape index (κ1) is 21.5. The Labute approximate surface area is 184 Å². The number of guanidine groups is 1. The van der Waals surface area contributed by atoms with Crippen LogP contribution >= 0.6 is 0 Å². The van der Waals surface area contributed by atoms with E-state index >= 15 is 0 Å². The highest BCUT2D eigenvalue weighted by molar-refractivity contribution is 5.93. The summed E-state index contributed by atoms with van der Waals surface area (Å²) in [7, 11) is 0. The van der Waals surface area contributed by atoms with E-state index in [2.05, 4.69) is 27.3 Å². The van der Waals surface area contributed by atoms with Gasteiger partial charge in [-0.2, -0.15) is 4.99 Å². The van der Waals surface area contributed by atoms with Crippen molar-refractivity contribution < 1.29 is 4.79 Å². The average molecular weight is 426 g/mol. The quantitative estimate of drug-likeness (QED) is 0.313. The summed E-state index contributed by atoms with van der Waals surface area (Å²) in [6, 6.07) is 9.16. The number of primary amides is 1. The highest BCUT2D eigenvalue weighted by Crippen LogP contribution is 2.34. The number of piperidine rings is 2. The van der Waals surface area contributed by atoms with Crippen LogP contribution < -0.4 is 22.5 Å². The second-order valence-electron chi connectivity index (χ2n) is 8.93. The van der Waals surface area contributed by atoms with Crippen LogP contribution in [0.5, 0.6) is 0 Å². The Kier molecular flexibility index (Phi) is 6.65. The Hall–Kier alpha value is -2.74. The SMILES string of the molecule is NC(=O)/C(N)=C(/N=C(\N)N1CCCCC1)Nc1ccc(C2CCN(C3CC3)CC2)cc1. The molecule has 31 heavy (non-hydrogen) atoms. The van der Waals surface area contributed by atoms with Crippen molar-refractivity contribution in [3.8, 4) is 0 Å². The van der Waals surface area contributed by atoms with Gasteiger partial charge in [-0.15, -0.1) is 0 Å². The smallest absolute Gasteiger partial charge is 0.268 e. The number of nitrogens with two attached hydrogens (primary N) is 3. The van der Waals surface area contributed by atoms with Crippen molar-refractivity contribution in [2.24, 2.45) is 22.2 Å². The molecule has 3 aliphatic rings. The largest absolute Gasteiger partial charge is 0.391 e. The third-order valence-electron chi connectivity index (χ3n) is 6.66. The number of benzene rings is 1. The average Bonchev–Trinajstić information content (AvgIpc) is 3.65. The number of carbonyl (C=O) groups excluding carboxylic acids is 1. The van der Waals surface area contributed by atoms with Crippen molar-refractivity contribution in [1.29, 1.82) is 0 Å². The number of nitrogens with one attached hydrogen (secondary N) is 1. The maximum absolute atomic E-state index is 11.7. The highest BCUT2D eigenvalue weighted by atomic mass is 16.1. The minimum Gasteiger partial charge on any atom is -0.391 e. The van der Waals surface area contributed by atoms with Gasteiger partial charge in [-0.3, -0.25) is 4.79 Å². The molecule has 1 aromatic rings. The third kappa shape index (κ3) is 5.50. The standard InChI is InChI=1S/C23H35N7O/c24-20(21(25)31)22(28-23(26)30-12-2-1-3-13-30)27-18-6-4-16(5-7-18)17-10-14-29(15-11-17)19-8-9-19/h4-7,17,19,27H,1-3,8-15,24H2,(H2,25,31)(H2,26,28)/b22-20-. The lowest BCUT2D eigenvalue weighted by molar-refractivity contribution is -0.114. The predicted octanol–water partition coefficient (Wildman–Crippen LogP) is 1.85. The first-order chi connectivity index (χ1) is 15.0. The molecule has 0 radical (unpaired) electrons. The highest BCUT2D eigenvalue weighted by Gasteiger charge is 2.32. The van der Waals surface area contributed by atoms with Crippen molar-refractivity contribution in [3.63, 3.8) is 0 Å². The summed E-state index contributed by atoms with van der Waals surface area (Å²) < 4.78 is 0. The maximum atomic E-state index is 11.7. The number of amides is 1. The topological polar surface area (TPSA) is 126 Å². The Morgan fingerprint density at radius 2 is 1.55 bits per heavy atom. The fourth-order valence-electron chi connectivity index (χ4n) is 4.59. The van der Waals surface area contributed by atoms with E-state index in [1.807, 2.05) is 17.0 Å². The van der Waals surface area contributed by atoms with Crippen molar-refractivity contribution in [2.45, 2.75) is 56.9 Å². The van der Waals surface area contributed by atoms with Crippen LogP contribution in [0.25, 0.3) is 0 Å². The van der Waals surface area contributed by atoms with Crippen LogP contribution in [-0.4, -0.2) is 53.9 Å². The summed E-state index contributed by atoms with van der Waals surface area (Å²) in [6.45, 7) is 4.10. The fourth-order valence-corrected chi connectivity index (χ4v) is 4.59. The molecule has 7 N–H and O–H groups in total. The molecule has 2 saturated heterocycles. The number of rotatable bonds is 6. The first-order valence-corrected chi connectivity index (χ1v) is 11.5. The molecule has 1 aliphatic carbocycles. The molecule has 0 unspecified atom stereocenters. The van der Waals surface area contributed by atoms with E-state index in [0.29, 0.717) is 11.9 Å². The normalized spacial score (nSPS) is 22.2. The summed E-state index contributed by atoms with van der Waals surface area (Å²) in [4.78, 5) is 20.8. The van der Waals surface area contributed by atoms with E-state index < -0.39 is 5.91 Å². The summed E-state index contributed by atoms with van der Waals surface area (Å²) in [6.07, 6.45) is 8.52. The van der Waals surface area contributed by atoms with E-state index in [1.165, 1.54) is 50.8 Å². The van der Waals surface area contributed by atoms with Crippen LogP contribution in [0, 0.1) is 0 Å². The summed E-state index contributed by atoms with van der Waals surface area (Å²) in [5.41, 5.74) is 19.6. The Balaban J connectivity index is 1.43. The zero-order valence-corrected chi connectivity index (χ0v) is 18.2. The Morgan fingerprint density at radius 1 is 0.903 bits per heavy atom. The molecule has 1 aromatic carbocycles. The molecule has 168 valence electrons. The summed E-state index contributed by atoms with van der Waals surface area (Å²) in [5, 5.41) is 3.14. The van der Waals surface area contributed by atoms with Gasteiger partial charge in [-0.25, -0.2) is 0 Å². The van der Waals surface area contributed by atoms with Crippen LogP contribution in [0.3, 0.4) is 0 Å². The molecule has 3 fully saturated rings. The van der Waals surface area contributed by atoms with E-state index in [-0.39, 0.29) is 11.5 Å². The molecule has 0 spiro atoms. The zero-order chi connectivity index (χ0) is 21.8. The van der Waals surface area contributed by atoms with E-state index in [9.17, 15) is 4.79 Å². The zero-order valence-electron chi connectivity index (χ0n) is 18.2. The lowest BCUT2D eigenvalue weighted by Crippen LogP contribution is -2.41. The van der Waals surface area contributed by atoms with Gasteiger partial charge in [0, 0.05) is 24.8 Å². The number of likely N-dealkylation sites (tertiary alicyclic amines) is 2. The molecule has 2 heterocycles. The minimum atomic E-state index is -0.725. The summed E-state index contributed by atoms with van der Waals surface area (Å²) >= 11 is 0. The second-order valence-corrected chi connectivity index (χ2v) is 8.93. The van der Waals surface area contributed by atoms with Crippen LogP contribution in [0.2, 0.25) is 0 Å². The molecular weight excluding hydrogens is 390 g/mol. The summed E-state index contributed by atoms with van der Waals surface area (Å²) in [5.74, 6) is 0.422. The van der Waals surface area contributed by atoms with Gasteiger partial charge in [0.25, 0.3) is 5.91 Å². The Morgan fingerprint density at radius 3 is 2.13 bits per heavy atom. The molecule has 0 atom stereocenters. The van der Waals surface area contributed by atoms with Crippen LogP contribution in [0.1, 0.15) is 56.4 Å². The van der Waals surface area contributed by atoms with Gasteiger partial charge in [0.2, 0.25) is 0 Å². The lowest BCUT2D eigenvalue weighted by Gasteiger charge is -2.32. The van der Waals surface area contributed by atoms with Crippen molar-refractivity contribution in [2.75, 3.05) is 31.5 Å². The number of hydrogen-bond donors (Lipinski definition) is 4. The van der Waals surface area contributed by atoms with Gasteiger partial charge in [0.15, 0.2) is 11.8 Å². The monoisotopic (exact) mass is 425 g/mol. The third-order valence-corrected chi connectivity index (χ3v) is 6.66. The Bertz CT molecular complexity index is 830. The maximum Gasteiger partial charge on any atom is 0.268 e. The number of carbonyl (C=O) groups is 1. The molecular formula is C23H35N7O. The van der Waals surface area contributed by atoms with Gasteiger partial charge in [0.05, 0.1) is 0 Å². The van der Waals surface area contributed by atoms with E-state index in [1.54, 1.807) is 0 Å². The molecule has 8 heteroatoms.